The quantitative estimate of drug-likeness (QED) is 0.432. The number of aromatic nitrogens is 2. The van der Waals surface area contributed by atoms with Crippen molar-refractivity contribution in [3.05, 3.63) is 23.8 Å². The summed E-state index contributed by atoms with van der Waals surface area (Å²) >= 11 is 2.69. The Balaban J connectivity index is 2.08. The van der Waals surface area contributed by atoms with Gasteiger partial charge in [0, 0.05) is 31.6 Å². The van der Waals surface area contributed by atoms with Gasteiger partial charge in [-0.05, 0) is 24.6 Å². The van der Waals surface area contributed by atoms with Crippen molar-refractivity contribution in [1.82, 2.24) is 10.2 Å². The van der Waals surface area contributed by atoms with Crippen LogP contribution in [0.25, 0.3) is 0 Å². The van der Waals surface area contributed by atoms with Crippen LogP contribution in [0.5, 0.6) is 0 Å². The Labute approximate surface area is 165 Å². The van der Waals surface area contributed by atoms with Crippen molar-refractivity contribution >= 4 is 57.2 Å². The van der Waals surface area contributed by atoms with E-state index < -0.39 is 0 Å². The van der Waals surface area contributed by atoms with Crippen LogP contribution in [0.4, 0.5) is 16.5 Å². The predicted octanol–water partition coefficient (Wildman–Crippen LogP) is 3.25. The number of carbonyl (C=O) groups excluding carboxylic acids is 3. The zero-order chi connectivity index (χ0) is 19.8. The fraction of sp³-hybridized carbons (Fsp3) is 0.353. The summed E-state index contributed by atoms with van der Waals surface area (Å²) in [6.45, 7) is 5.63. The maximum atomic E-state index is 12.6. The highest BCUT2D eigenvalue weighted by Crippen LogP contribution is 2.28. The summed E-state index contributed by atoms with van der Waals surface area (Å²) in [6.07, 6.45) is 0.987. The average molecular weight is 408 g/mol. The van der Waals surface area contributed by atoms with E-state index >= 15 is 0 Å². The predicted molar refractivity (Wildman–Crippen MR) is 109 cm³/mol. The minimum atomic E-state index is -0.299. The molecule has 27 heavy (non-hydrogen) atoms. The minimum Gasteiger partial charge on any atom is -0.360 e. The van der Waals surface area contributed by atoms with Gasteiger partial charge in [0.15, 0.2) is 10.1 Å². The van der Waals surface area contributed by atoms with Crippen LogP contribution in [0.1, 0.15) is 37.6 Å². The monoisotopic (exact) mass is 407 g/mol. The highest BCUT2D eigenvalue weighted by Gasteiger charge is 2.15. The van der Waals surface area contributed by atoms with Gasteiger partial charge >= 0.3 is 0 Å². The Hall–Kier alpha value is -2.46. The number of thioether (sulfide) groups is 1. The fourth-order valence-electron chi connectivity index (χ4n) is 2.14. The zero-order valence-electron chi connectivity index (χ0n) is 15.3. The molecule has 0 aliphatic carbocycles. The van der Waals surface area contributed by atoms with Crippen LogP contribution in [0.15, 0.2) is 22.5 Å². The van der Waals surface area contributed by atoms with Gasteiger partial charge in [-0.2, -0.15) is 0 Å². The van der Waals surface area contributed by atoms with Gasteiger partial charge in [-0.3, -0.25) is 14.4 Å². The molecule has 8 nitrogen and oxygen atoms in total. The Morgan fingerprint density at radius 1 is 1.11 bits per heavy atom. The van der Waals surface area contributed by atoms with E-state index in [9.17, 15) is 14.4 Å². The van der Waals surface area contributed by atoms with Crippen molar-refractivity contribution < 1.29 is 14.4 Å². The Morgan fingerprint density at radius 2 is 1.85 bits per heavy atom. The second-order valence-corrected chi connectivity index (χ2v) is 7.83. The molecule has 1 aromatic carbocycles. The van der Waals surface area contributed by atoms with Crippen LogP contribution in [-0.4, -0.2) is 40.1 Å². The number of nitrogens with zero attached hydrogens (tertiary/aromatic N) is 2. The molecule has 1 heterocycles. The van der Waals surface area contributed by atoms with Crippen LogP contribution in [0, 0.1) is 0 Å². The van der Waals surface area contributed by atoms with E-state index in [0.29, 0.717) is 21.3 Å². The van der Waals surface area contributed by atoms with E-state index in [4.69, 9.17) is 0 Å². The smallest absolute Gasteiger partial charge is 0.221 e. The van der Waals surface area contributed by atoms with E-state index in [1.54, 1.807) is 18.2 Å². The minimum absolute atomic E-state index is 0.156. The molecule has 0 aliphatic heterocycles. The summed E-state index contributed by atoms with van der Waals surface area (Å²) in [4.78, 5) is 35.3. The first kappa shape index (κ1) is 20.8. The molecule has 2 amide bonds. The molecule has 0 fully saturated rings. The molecule has 0 unspecified atom stereocenters. The number of rotatable bonds is 9. The van der Waals surface area contributed by atoms with E-state index in [2.05, 4.69) is 33.1 Å². The van der Waals surface area contributed by atoms with E-state index in [1.807, 2.05) is 0 Å². The van der Waals surface area contributed by atoms with Gasteiger partial charge in [-0.25, -0.2) is 0 Å². The Kier molecular flexibility index (Phi) is 7.74. The molecular formula is C17H21N5O3S2. The molecule has 10 heteroatoms. The van der Waals surface area contributed by atoms with Crippen LogP contribution in [-0.2, 0) is 9.59 Å². The SMILES string of the molecule is CCCNc1nnc(SCC(=O)c2ccc(NC(C)=O)cc2NC(C)=O)s1. The molecule has 0 saturated heterocycles. The number of Topliss-reactive ketones (excluding diaryl/α,β-unsaturated/α-hetero) is 1. The lowest BCUT2D eigenvalue weighted by Crippen LogP contribution is -2.13. The van der Waals surface area contributed by atoms with Crippen LogP contribution >= 0.6 is 23.1 Å². The topological polar surface area (TPSA) is 113 Å². The van der Waals surface area contributed by atoms with Crippen molar-refractivity contribution in [2.75, 3.05) is 28.2 Å². The average Bonchev–Trinajstić information content (AvgIpc) is 3.05. The maximum Gasteiger partial charge on any atom is 0.221 e. The second kappa shape index (κ2) is 10.0. The number of ketones is 1. The molecule has 0 bridgehead atoms. The van der Waals surface area contributed by atoms with Gasteiger partial charge in [-0.1, -0.05) is 30.0 Å². The van der Waals surface area contributed by atoms with E-state index in [-0.39, 0.29) is 23.4 Å². The summed E-state index contributed by atoms with van der Waals surface area (Å²) < 4.78 is 0.692. The molecule has 2 aromatic rings. The summed E-state index contributed by atoms with van der Waals surface area (Å²) in [7, 11) is 0. The molecule has 0 atom stereocenters. The highest BCUT2D eigenvalue weighted by molar-refractivity contribution is 8.01. The van der Waals surface area contributed by atoms with Gasteiger partial charge in [0.1, 0.15) is 0 Å². The lowest BCUT2D eigenvalue weighted by atomic mass is 10.1. The van der Waals surface area contributed by atoms with Crippen molar-refractivity contribution in [1.29, 1.82) is 0 Å². The Morgan fingerprint density at radius 3 is 2.52 bits per heavy atom. The molecule has 0 radical (unpaired) electrons. The fourth-order valence-corrected chi connectivity index (χ4v) is 3.80. The number of amides is 2. The van der Waals surface area contributed by atoms with E-state index in [0.717, 1.165) is 18.1 Å². The summed E-state index contributed by atoms with van der Waals surface area (Å²) in [6, 6.07) is 4.79. The molecular weight excluding hydrogens is 386 g/mol. The van der Waals surface area contributed by atoms with Gasteiger partial charge in [0.2, 0.25) is 16.9 Å². The molecule has 3 N–H and O–H groups in total. The van der Waals surface area contributed by atoms with Crippen molar-refractivity contribution in [3.8, 4) is 0 Å². The first-order chi connectivity index (χ1) is 12.9. The van der Waals surface area contributed by atoms with Gasteiger partial charge in [0.25, 0.3) is 0 Å². The maximum absolute atomic E-state index is 12.6. The third-order valence-corrected chi connectivity index (χ3v) is 5.22. The van der Waals surface area contributed by atoms with Gasteiger partial charge < -0.3 is 16.0 Å². The Bertz CT molecular complexity index is 838. The highest BCUT2D eigenvalue weighted by atomic mass is 32.2. The zero-order valence-corrected chi connectivity index (χ0v) is 16.9. The number of anilines is 3. The van der Waals surface area contributed by atoms with Crippen molar-refractivity contribution in [3.63, 3.8) is 0 Å². The first-order valence-electron chi connectivity index (χ1n) is 8.31. The summed E-state index contributed by atoms with van der Waals surface area (Å²) in [5.41, 5.74) is 1.24. The van der Waals surface area contributed by atoms with Crippen LogP contribution < -0.4 is 16.0 Å². The van der Waals surface area contributed by atoms with E-state index in [1.165, 1.54) is 36.9 Å². The number of benzene rings is 1. The number of hydrogen-bond donors (Lipinski definition) is 3. The normalized spacial score (nSPS) is 10.3. The summed E-state index contributed by atoms with van der Waals surface area (Å²) in [5, 5.41) is 17.2. The van der Waals surface area contributed by atoms with Gasteiger partial charge in [-0.15, -0.1) is 10.2 Å². The first-order valence-corrected chi connectivity index (χ1v) is 10.1. The third kappa shape index (κ3) is 6.65. The van der Waals surface area contributed by atoms with Crippen LogP contribution in [0.3, 0.4) is 0 Å². The second-order valence-electron chi connectivity index (χ2n) is 5.63. The van der Waals surface area contributed by atoms with Gasteiger partial charge in [0.05, 0.1) is 11.4 Å². The molecule has 2 rings (SSSR count). The lowest BCUT2D eigenvalue weighted by molar-refractivity contribution is -0.115. The standard InChI is InChI=1S/C17H21N5O3S2/c1-4-7-18-16-21-22-17(27-16)26-9-15(25)13-6-5-12(19-10(2)23)8-14(13)20-11(3)24/h5-6,8H,4,7,9H2,1-3H3,(H,18,21)(H,19,23)(H,20,24). The number of nitrogens with one attached hydrogen (secondary N) is 3. The third-order valence-electron chi connectivity index (χ3n) is 3.21. The molecule has 0 spiro atoms. The molecule has 1 aromatic heterocycles. The molecule has 0 saturated carbocycles. The molecule has 144 valence electrons. The van der Waals surface area contributed by atoms with Crippen LogP contribution in [0.2, 0.25) is 0 Å². The summed E-state index contributed by atoms with van der Waals surface area (Å²) in [5.74, 6) is -0.528. The largest absolute Gasteiger partial charge is 0.360 e. The lowest BCUT2D eigenvalue weighted by Gasteiger charge is -2.11. The number of carbonyl (C=O) groups is 3. The molecule has 0 aliphatic rings. The number of hydrogen-bond acceptors (Lipinski definition) is 8. The van der Waals surface area contributed by atoms with Crippen molar-refractivity contribution in [2.45, 2.75) is 31.5 Å². The van der Waals surface area contributed by atoms with Crippen molar-refractivity contribution in [2.24, 2.45) is 0 Å².